The van der Waals surface area contributed by atoms with Crippen molar-refractivity contribution in [1.82, 2.24) is 0 Å². The molecular formula is C11H17O4P. The molecule has 1 aromatic rings. The fourth-order valence-electron chi connectivity index (χ4n) is 1.25. The summed E-state index contributed by atoms with van der Waals surface area (Å²) in [6.07, 6.45) is 0.289. The molecule has 4 nitrogen and oxygen atoms in total. The van der Waals surface area contributed by atoms with Crippen LogP contribution in [0.15, 0.2) is 30.3 Å². The number of rotatable bonds is 6. The molecule has 5 heteroatoms. The van der Waals surface area contributed by atoms with Crippen LogP contribution in [-0.4, -0.2) is 24.3 Å². The molecule has 2 atom stereocenters. The molecule has 90 valence electrons. The summed E-state index contributed by atoms with van der Waals surface area (Å²) in [4.78, 5) is 9.00. The predicted molar refractivity (Wildman–Crippen MR) is 62.9 cm³/mol. The van der Waals surface area contributed by atoms with Gasteiger partial charge < -0.3 is 14.2 Å². The first-order valence-corrected chi connectivity index (χ1v) is 7.16. The molecule has 0 heterocycles. The van der Waals surface area contributed by atoms with Gasteiger partial charge in [0.1, 0.15) is 5.75 Å². The largest absolute Gasteiger partial charge is 0.493 e. The van der Waals surface area contributed by atoms with E-state index in [1.54, 1.807) is 6.92 Å². The molecule has 0 amide bonds. The van der Waals surface area contributed by atoms with Gasteiger partial charge in [0.25, 0.3) is 0 Å². The number of hydrogen-bond acceptors (Lipinski definition) is 3. The van der Waals surface area contributed by atoms with Gasteiger partial charge in [-0.3, -0.25) is 4.57 Å². The maximum atomic E-state index is 11.0. The van der Waals surface area contributed by atoms with E-state index in [2.05, 4.69) is 0 Å². The van der Waals surface area contributed by atoms with E-state index in [4.69, 9.17) is 14.2 Å². The fraction of sp³-hybridized carbons (Fsp3) is 0.455. The van der Waals surface area contributed by atoms with Crippen LogP contribution in [0.3, 0.4) is 0 Å². The summed E-state index contributed by atoms with van der Waals surface area (Å²) in [6, 6.07) is 9.43. The molecule has 0 fully saturated rings. The summed E-state index contributed by atoms with van der Waals surface area (Å²) in [6.45, 7) is 3.40. The van der Waals surface area contributed by atoms with Crippen molar-refractivity contribution in [2.24, 2.45) is 0 Å². The van der Waals surface area contributed by atoms with Crippen molar-refractivity contribution in [3.63, 3.8) is 0 Å². The highest BCUT2D eigenvalue weighted by Gasteiger charge is 2.15. The lowest BCUT2D eigenvalue weighted by molar-refractivity contribution is 0.159. The number of ether oxygens (including phenoxy) is 1. The molecule has 0 aliphatic rings. The summed E-state index contributed by atoms with van der Waals surface area (Å²) < 4.78 is 21.3. The van der Waals surface area contributed by atoms with E-state index < -0.39 is 7.60 Å². The van der Waals surface area contributed by atoms with Gasteiger partial charge >= 0.3 is 7.60 Å². The van der Waals surface area contributed by atoms with E-state index >= 15 is 0 Å². The van der Waals surface area contributed by atoms with E-state index in [1.165, 1.54) is 6.66 Å². The van der Waals surface area contributed by atoms with Crippen molar-refractivity contribution in [3.8, 4) is 5.75 Å². The van der Waals surface area contributed by atoms with E-state index in [0.717, 1.165) is 5.75 Å². The van der Waals surface area contributed by atoms with E-state index in [9.17, 15) is 4.57 Å². The quantitative estimate of drug-likeness (QED) is 0.781. The van der Waals surface area contributed by atoms with Crippen molar-refractivity contribution in [2.75, 3.05) is 13.3 Å². The normalized spacial score (nSPS) is 16.4. The zero-order valence-corrected chi connectivity index (χ0v) is 10.4. The summed E-state index contributed by atoms with van der Waals surface area (Å²) in [5.41, 5.74) is 0. The van der Waals surface area contributed by atoms with Crippen LogP contribution < -0.4 is 4.74 Å². The smallest absolute Gasteiger partial charge is 0.325 e. The zero-order valence-electron chi connectivity index (χ0n) is 9.50. The van der Waals surface area contributed by atoms with Gasteiger partial charge in [-0.05, 0) is 19.1 Å². The second-order valence-electron chi connectivity index (χ2n) is 3.67. The van der Waals surface area contributed by atoms with Crippen LogP contribution in [0, 0.1) is 0 Å². The maximum absolute atomic E-state index is 11.0. The van der Waals surface area contributed by atoms with Gasteiger partial charge in [-0.1, -0.05) is 18.2 Å². The van der Waals surface area contributed by atoms with Crippen LogP contribution in [0.2, 0.25) is 0 Å². The Balaban J connectivity index is 2.23. The van der Waals surface area contributed by atoms with Crippen molar-refractivity contribution in [1.29, 1.82) is 0 Å². The Hall–Kier alpha value is -0.830. The highest BCUT2D eigenvalue weighted by atomic mass is 31.2. The van der Waals surface area contributed by atoms with Crippen molar-refractivity contribution >= 4 is 7.60 Å². The Morgan fingerprint density at radius 3 is 2.56 bits per heavy atom. The summed E-state index contributed by atoms with van der Waals surface area (Å²) in [7, 11) is -3.39. The Kier molecular flexibility index (Phi) is 5.00. The van der Waals surface area contributed by atoms with Crippen LogP contribution in [0.4, 0.5) is 0 Å². The van der Waals surface area contributed by atoms with Gasteiger partial charge in [0.05, 0.1) is 12.7 Å². The minimum absolute atomic E-state index is 0.287. The fourth-order valence-corrected chi connectivity index (χ4v) is 2.02. The molecule has 1 N–H and O–H groups in total. The number of benzene rings is 1. The van der Waals surface area contributed by atoms with Gasteiger partial charge in [0.15, 0.2) is 0 Å². The molecule has 0 bridgehead atoms. The summed E-state index contributed by atoms with van der Waals surface area (Å²) >= 11 is 0. The average molecular weight is 244 g/mol. The van der Waals surface area contributed by atoms with Gasteiger partial charge in [0.2, 0.25) is 0 Å². The second-order valence-corrected chi connectivity index (χ2v) is 5.49. The lowest BCUT2D eigenvalue weighted by atomic mass is 10.3. The standard InChI is InChI=1S/C11H17O4P/c1-10(15-16(2,12)13)8-9-14-11-6-4-3-5-7-11/h3-7,10H,8-9H2,1-2H3,(H,12,13)/t10-/m1/s1. The Labute approximate surface area is 95.7 Å². The minimum atomic E-state index is -3.39. The maximum Gasteiger partial charge on any atom is 0.325 e. The lowest BCUT2D eigenvalue weighted by Crippen LogP contribution is -2.11. The molecule has 0 aliphatic heterocycles. The molecule has 1 rings (SSSR count). The first-order chi connectivity index (χ1) is 7.47. The highest BCUT2D eigenvalue weighted by molar-refractivity contribution is 7.51. The topological polar surface area (TPSA) is 55.8 Å². The highest BCUT2D eigenvalue weighted by Crippen LogP contribution is 2.38. The molecule has 0 saturated heterocycles. The molecule has 0 radical (unpaired) electrons. The first kappa shape index (κ1) is 13.2. The Morgan fingerprint density at radius 2 is 2.00 bits per heavy atom. The minimum Gasteiger partial charge on any atom is -0.493 e. The third-order valence-corrected chi connectivity index (χ3v) is 2.66. The summed E-state index contributed by atoms with van der Waals surface area (Å²) in [5, 5.41) is 0. The number of para-hydroxylation sites is 1. The van der Waals surface area contributed by atoms with Gasteiger partial charge in [0, 0.05) is 13.1 Å². The molecule has 0 aliphatic carbocycles. The first-order valence-electron chi connectivity index (χ1n) is 5.14. The predicted octanol–water partition coefficient (Wildman–Crippen LogP) is 2.68. The van der Waals surface area contributed by atoms with E-state index in [0.29, 0.717) is 13.0 Å². The van der Waals surface area contributed by atoms with Crippen LogP contribution in [0.1, 0.15) is 13.3 Å². The average Bonchev–Trinajstić information content (AvgIpc) is 2.16. The third kappa shape index (κ3) is 5.91. The van der Waals surface area contributed by atoms with Crippen molar-refractivity contribution in [3.05, 3.63) is 30.3 Å². The van der Waals surface area contributed by atoms with Crippen LogP contribution in [0.25, 0.3) is 0 Å². The SMILES string of the molecule is C[C@H](CCOc1ccccc1)OP(C)(=O)O. The second kappa shape index (κ2) is 6.04. The molecule has 0 saturated carbocycles. The van der Waals surface area contributed by atoms with Gasteiger partial charge in [-0.2, -0.15) is 0 Å². The van der Waals surface area contributed by atoms with Crippen molar-refractivity contribution in [2.45, 2.75) is 19.4 Å². The van der Waals surface area contributed by atoms with Crippen LogP contribution in [0.5, 0.6) is 5.75 Å². The molecule has 1 unspecified atom stereocenters. The summed E-state index contributed by atoms with van der Waals surface area (Å²) in [5.74, 6) is 0.790. The molecule has 0 spiro atoms. The Morgan fingerprint density at radius 1 is 1.38 bits per heavy atom. The van der Waals surface area contributed by atoms with E-state index in [-0.39, 0.29) is 6.10 Å². The Bertz CT molecular complexity index is 346. The lowest BCUT2D eigenvalue weighted by Gasteiger charge is -2.15. The zero-order chi connectivity index (χ0) is 12.0. The van der Waals surface area contributed by atoms with Gasteiger partial charge in [-0.25, -0.2) is 0 Å². The molecule has 16 heavy (non-hydrogen) atoms. The molecule has 0 aromatic heterocycles. The van der Waals surface area contributed by atoms with Gasteiger partial charge in [-0.15, -0.1) is 0 Å². The number of hydrogen-bond donors (Lipinski definition) is 1. The van der Waals surface area contributed by atoms with E-state index in [1.807, 2.05) is 30.3 Å². The molecular weight excluding hydrogens is 227 g/mol. The van der Waals surface area contributed by atoms with Crippen LogP contribution in [-0.2, 0) is 9.09 Å². The monoisotopic (exact) mass is 244 g/mol. The van der Waals surface area contributed by atoms with Crippen molar-refractivity contribution < 1.29 is 18.7 Å². The van der Waals surface area contributed by atoms with Crippen LogP contribution >= 0.6 is 7.60 Å². The third-order valence-electron chi connectivity index (χ3n) is 1.91. The molecule has 1 aromatic carbocycles.